The maximum Gasteiger partial charge on any atom is 0.198 e. The molecule has 0 unspecified atom stereocenters. The van der Waals surface area contributed by atoms with Gasteiger partial charge in [-0.1, -0.05) is 0 Å². The van der Waals surface area contributed by atoms with Gasteiger partial charge in [-0.3, -0.25) is 9.78 Å². The molecule has 0 aliphatic carbocycles. The van der Waals surface area contributed by atoms with Crippen LogP contribution in [0.25, 0.3) is 11.1 Å². The Morgan fingerprint density at radius 2 is 2.07 bits per heavy atom. The van der Waals surface area contributed by atoms with Crippen molar-refractivity contribution in [3.63, 3.8) is 0 Å². The van der Waals surface area contributed by atoms with Gasteiger partial charge in [0.25, 0.3) is 0 Å². The first kappa shape index (κ1) is 8.50. The summed E-state index contributed by atoms with van der Waals surface area (Å²) in [5, 5.41) is 0. The van der Waals surface area contributed by atoms with E-state index < -0.39 is 0 Å². The Kier molecular flexibility index (Phi) is 2.02. The zero-order chi connectivity index (χ0) is 9.97. The summed E-state index contributed by atoms with van der Waals surface area (Å²) < 4.78 is 4.97. The van der Waals surface area contributed by atoms with Crippen LogP contribution in [-0.4, -0.2) is 11.3 Å². The van der Waals surface area contributed by atoms with Crippen LogP contribution in [0, 0.1) is 0 Å². The van der Waals surface area contributed by atoms with Gasteiger partial charge in [-0.2, -0.15) is 0 Å². The highest BCUT2D eigenvalue weighted by molar-refractivity contribution is 5.91. The molecule has 70 valence electrons. The van der Waals surface area contributed by atoms with Gasteiger partial charge in [-0.25, -0.2) is 0 Å². The third-order valence-electron chi connectivity index (χ3n) is 1.94. The molecule has 0 saturated heterocycles. The minimum absolute atomic E-state index is 0.248. The second-order valence-electron chi connectivity index (χ2n) is 2.78. The molecule has 0 atom stereocenters. The predicted octanol–water partition coefficient (Wildman–Crippen LogP) is 1.74. The third-order valence-corrected chi connectivity index (χ3v) is 1.94. The number of nitrogen functional groups attached to an aromatic ring is 1. The van der Waals surface area contributed by atoms with E-state index in [1.165, 1.54) is 6.26 Å². The number of nitrogens with two attached hydrogens (primary N) is 1. The molecular weight excluding hydrogens is 180 g/mol. The van der Waals surface area contributed by atoms with Gasteiger partial charge in [0, 0.05) is 12.4 Å². The molecule has 0 fully saturated rings. The van der Waals surface area contributed by atoms with E-state index in [0.29, 0.717) is 11.1 Å². The van der Waals surface area contributed by atoms with Crippen molar-refractivity contribution < 1.29 is 9.21 Å². The largest absolute Gasteiger partial charge is 0.448 e. The topological polar surface area (TPSA) is 69.1 Å². The van der Waals surface area contributed by atoms with E-state index in [-0.39, 0.29) is 5.88 Å². The number of aromatic nitrogens is 1. The molecule has 0 aromatic carbocycles. The Morgan fingerprint density at radius 1 is 1.36 bits per heavy atom. The monoisotopic (exact) mass is 188 g/mol. The first-order valence-corrected chi connectivity index (χ1v) is 4.05. The van der Waals surface area contributed by atoms with Gasteiger partial charge >= 0.3 is 0 Å². The van der Waals surface area contributed by atoms with Gasteiger partial charge < -0.3 is 10.2 Å². The van der Waals surface area contributed by atoms with Gasteiger partial charge in [0.2, 0.25) is 0 Å². The lowest BCUT2D eigenvalue weighted by Crippen LogP contribution is -1.88. The van der Waals surface area contributed by atoms with Gasteiger partial charge in [-0.15, -0.1) is 0 Å². The average Bonchev–Trinajstić information content (AvgIpc) is 2.61. The van der Waals surface area contributed by atoms with Crippen molar-refractivity contribution in [2.45, 2.75) is 0 Å². The molecule has 0 amide bonds. The Morgan fingerprint density at radius 3 is 2.71 bits per heavy atom. The molecule has 2 aromatic rings. The maximum absolute atomic E-state index is 10.7. The molecule has 0 spiro atoms. The number of hydrogen-bond acceptors (Lipinski definition) is 4. The van der Waals surface area contributed by atoms with Gasteiger partial charge in [0.1, 0.15) is 6.26 Å². The van der Waals surface area contributed by atoms with Crippen LogP contribution in [0.4, 0.5) is 5.88 Å². The van der Waals surface area contributed by atoms with Crippen LogP contribution >= 0.6 is 0 Å². The predicted molar refractivity (Wildman–Crippen MR) is 51.7 cm³/mol. The van der Waals surface area contributed by atoms with E-state index in [0.717, 1.165) is 11.8 Å². The fourth-order valence-electron chi connectivity index (χ4n) is 1.30. The molecule has 0 radical (unpaired) electrons. The molecule has 0 aliphatic heterocycles. The smallest absolute Gasteiger partial charge is 0.198 e. The van der Waals surface area contributed by atoms with E-state index in [1.54, 1.807) is 24.5 Å². The Hall–Kier alpha value is -2.10. The highest BCUT2D eigenvalue weighted by Gasteiger charge is 2.11. The number of pyridine rings is 1. The molecule has 2 aromatic heterocycles. The SMILES string of the molecule is Nc1occ(C=O)c1-c1ccncc1. The number of furan rings is 1. The molecule has 4 nitrogen and oxygen atoms in total. The molecule has 2 heterocycles. The maximum atomic E-state index is 10.7. The Balaban J connectivity index is 2.61. The van der Waals surface area contributed by atoms with Crippen molar-refractivity contribution in [1.29, 1.82) is 0 Å². The fourth-order valence-corrected chi connectivity index (χ4v) is 1.30. The van der Waals surface area contributed by atoms with Gasteiger partial charge in [-0.05, 0) is 17.7 Å². The van der Waals surface area contributed by atoms with E-state index >= 15 is 0 Å². The number of anilines is 1. The van der Waals surface area contributed by atoms with Crippen molar-refractivity contribution in [2.75, 3.05) is 5.73 Å². The van der Waals surface area contributed by atoms with Gasteiger partial charge in [0.05, 0.1) is 11.1 Å². The van der Waals surface area contributed by atoms with E-state index in [9.17, 15) is 4.79 Å². The average molecular weight is 188 g/mol. The second kappa shape index (κ2) is 3.33. The second-order valence-corrected chi connectivity index (χ2v) is 2.78. The number of carbonyl (C=O) groups is 1. The van der Waals surface area contributed by atoms with E-state index in [4.69, 9.17) is 10.2 Å². The van der Waals surface area contributed by atoms with Crippen LogP contribution in [0.5, 0.6) is 0 Å². The minimum atomic E-state index is 0.248. The fraction of sp³-hybridized carbons (Fsp3) is 0. The Bertz CT molecular complexity index is 448. The zero-order valence-corrected chi connectivity index (χ0v) is 7.31. The first-order valence-electron chi connectivity index (χ1n) is 4.05. The zero-order valence-electron chi connectivity index (χ0n) is 7.31. The number of aldehydes is 1. The first-order chi connectivity index (χ1) is 6.83. The number of hydrogen-bond donors (Lipinski definition) is 1. The Labute approximate surface area is 80.4 Å². The summed E-state index contributed by atoms with van der Waals surface area (Å²) >= 11 is 0. The van der Waals surface area contributed by atoms with Crippen molar-refractivity contribution in [3.8, 4) is 11.1 Å². The molecular formula is C10H8N2O2. The lowest BCUT2D eigenvalue weighted by atomic mass is 10.1. The summed E-state index contributed by atoms with van der Waals surface area (Å²) in [5.41, 5.74) is 7.51. The number of carbonyl (C=O) groups excluding carboxylic acids is 1. The van der Waals surface area contributed by atoms with Crippen LogP contribution in [0.15, 0.2) is 35.2 Å². The van der Waals surface area contributed by atoms with Gasteiger partial charge in [0.15, 0.2) is 12.2 Å². The van der Waals surface area contributed by atoms with Crippen molar-refractivity contribution >= 4 is 12.2 Å². The summed E-state index contributed by atoms with van der Waals surface area (Å²) in [6.45, 7) is 0. The van der Waals surface area contributed by atoms with Crippen molar-refractivity contribution in [2.24, 2.45) is 0 Å². The number of rotatable bonds is 2. The van der Waals surface area contributed by atoms with E-state index in [1.807, 2.05) is 0 Å². The quantitative estimate of drug-likeness (QED) is 0.728. The lowest BCUT2D eigenvalue weighted by Gasteiger charge is -1.98. The highest BCUT2D eigenvalue weighted by atomic mass is 16.3. The van der Waals surface area contributed by atoms with E-state index in [2.05, 4.69) is 4.98 Å². The van der Waals surface area contributed by atoms with Crippen LogP contribution in [0.3, 0.4) is 0 Å². The minimum Gasteiger partial charge on any atom is -0.448 e. The van der Waals surface area contributed by atoms with Crippen molar-refractivity contribution in [1.82, 2.24) is 4.98 Å². The standard InChI is InChI=1S/C10H8N2O2/c11-10-9(8(5-13)6-14-10)7-1-3-12-4-2-7/h1-6H,11H2. The van der Waals surface area contributed by atoms with Crippen molar-refractivity contribution in [3.05, 3.63) is 36.4 Å². The summed E-state index contributed by atoms with van der Waals surface area (Å²) in [7, 11) is 0. The molecule has 0 saturated carbocycles. The highest BCUT2D eigenvalue weighted by Crippen LogP contribution is 2.29. The normalized spacial score (nSPS) is 10.0. The van der Waals surface area contributed by atoms with Crippen LogP contribution in [0.1, 0.15) is 10.4 Å². The summed E-state index contributed by atoms with van der Waals surface area (Å²) in [6, 6.07) is 3.54. The summed E-state index contributed by atoms with van der Waals surface area (Å²) in [5.74, 6) is 0.248. The number of nitrogens with zero attached hydrogens (tertiary/aromatic N) is 1. The lowest BCUT2D eigenvalue weighted by molar-refractivity contribution is 0.112. The summed E-state index contributed by atoms with van der Waals surface area (Å²) in [4.78, 5) is 14.6. The molecule has 0 bridgehead atoms. The molecule has 2 N–H and O–H groups in total. The van der Waals surface area contributed by atoms with Crippen LogP contribution < -0.4 is 5.73 Å². The molecule has 0 aliphatic rings. The molecule has 14 heavy (non-hydrogen) atoms. The van der Waals surface area contributed by atoms with Crippen LogP contribution in [0.2, 0.25) is 0 Å². The third kappa shape index (κ3) is 1.26. The molecule has 2 rings (SSSR count). The molecule has 4 heteroatoms. The summed E-state index contributed by atoms with van der Waals surface area (Å²) in [6.07, 6.45) is 5.33. The van der Waals surface area contributed by atoms with Crippen LogP contribution in [-0.2, 0) is 0 Å².